The van der Waals surface area contributed by atoms with Crippen LogP contribution in [0.1, 0.15) is 11.1 Å². The van der Waals surface area contributed by atoms with E-state index in [1.165, 1.54) is 27.4 Å². The second-order valence-electron chi connectivity index (χ2n) is 5.87. The summed E-state index contributed by atoms with van der Waals surface area (Å²) >= 11 is 7.49. The summed E-state index contributed by atoms with van der Waals surface area (Å²) in [4.78, 5) is 0. The first-order chi connectivity index (χ1) is 12.3. The van der Waals surface area contributed by atoms with Crippen LogP contribution in [0.15, 0.2) is 79.4 Å². The quantitative estimate of drug-likeness (QED) is 0.384. The number of thioether (sulfide) groups is 1. The van der Waals surface area contributed by atoms with Gasteiger partial charge in [0.25, 0.3) is 0 Å². The van der Waals surface area contributed by atoms with Crippen LogP contribution in [0.2, 0.25) is 0 Å². The highest BCUT2D eigenvalue weighted by Crippen LogP contribution is 2.31. The van der Waals surface area contributed by atoms with E-state index in [2.05, 4.69) is 83.9 Å². The Morgan fingerprint density at radius 2 is 1.44 bits per heavy atom. The first kappa shape index (κ1) is 16.1. The van der Waals surface area contributed by atoms with Crippen LogP contribution in [-0.2, 0) is 5.75 Å². The topological polar surface area (TPSA) is 4.93 Å². The third-order valence-corrected chi connectivity index (χ3v) is 5.78. The van der Waals surface area contributed by atoms with Crippen molar-refractivity contribution in [1.82, 2.24) is 4.57 Å². The molecule has 3 heteroatoms. The second-order valence-corrected chi connectivity index (χ2v) is 7.48. The smallest absolute Gasteiger partial charge is 0.145 e. The summed E-state index contributed by atoms with van der Waals surface area (Å²) in [5.41, 5.74) is 4.74. The average Bonchev–Trinajstić information content (AvgIpc) is 3.01. The van der Waals surface area contributed by atoms with Gasteiger partial charge in [-0.1, -0.05) is 97.3 Å². The van der Waals surface area contributed by atoms with Gasteiger partial charge < -0.3 is 0 Å². The first-order valence-corrected chi connectivity index (χ1v) is 9.54. The van der Waals surface area contributed by atoms with Crippen molar-refractivity contribution in [2.75, 3.05) is 0 Å². The Bertz CT molecular complexity index is 1020. The number of fused-ring (bicyclic) bond motifs is 3. The van der Waals surface area contributed by atoms with Gasteiger partial charge in [-0.15, -0.1) is 0 Å². The van der Waals surface area contributed by atoms with Crippen LogP contribution in [0, 0.1) is 0 Å². The van der Waals surface area contributed by atoms with Crippen molar-refractivity contribution in [2.45, 2.75) is 5.75 Å². The molecule has 1 nitrogen and oxygen atoms in total. The maximum atomic E-state index is 5.79. The minimum absolute atomic E-state index is 0.858. The molecule has 3 aromatic carbocycles. The van der Waals surface area contributed by atoms with Gasteiger partial charge in [-0.3, -0.25) is 4.57 Å². The van der Waals surface area contributed by atoms with Crippen LogP contribution < -0.4 is 0 Å². The van der Waals surface area contributed by atoms with Crippen LogP contribution in [-0.4, -0.2) is 8.89 Å². The summed E-state index contributed by atoms with van der Waals surface area (Å²) in [5, 5.41) is 2.49. The molecule has 0 saturated heterocycles. The van der Waals surface area contributed by atoms with E-state index in [0.717, 1.165) is 15.6 Å². The van der Waals surface area contributed by atoms with Crippen molar-refractivity contribution in [2.24, 2.45) is 0 Å². The molecule has 0 atom stereocenters. The lowest BCUT2D eigenvalue weighted by molar-refractivity contribution is 1.34. The SMILES string of the molecule is C=Cc1ccc(CSC(=S)n2c3ccccc3c3ccccc32)cc1. The van der Waals surface area contributed by atoms with Crippen molar-refractivity contribution in [3.8, 4) is 0 Å². The zero-order chi connectivity index (χ0) is 17.2. The van der Waals surface area contributed by atoms with E-state index < -0.39 is 0 Å². The molecule has 0 fully saturated rings. The minimum Gasteiger partial charge on any atom is -0.295 e. The van der Waals surface area contributed by atoms with Gasteiger partial charge in [0.05, 0.1) is 11.0 Å². The van der Waals surface area contributed by atoms with Gasteiger partial charge in [0, 0.05) is 16.5 Å². The molecular formula is C22H17NS2. The molecule has 0 aliphatic carbocycles. The van der Waals surface area contributed by atoms with Crippen molar-refractivity contribution in [1.29, 1.82) is 0 Å². The highest BCUT2D eigenvalue weighted by Gasteiger charge is 2.13. The van der Waals surface area contributed by atoms with Crippen LogP contribution in [0.5, 0.6) is 0 Å². The van der Waals surface area contributed by atoms with E-state index in [0.29, 0.717) is 0 Å². The van der Waals surface area contributed by atoms with Gasteiger partial charge in [0.2, 0.25) is 0 Å². The molecule has 0 saturated carbocycles. The standard InChI is InChI=1S/C22H17NS2/c1-2-16-11-13-17(14-12-16)15-25-22(24)23-20-9-5-3-7-18(20)19-8-4-6-10-21(19)23/h2-14H,1,15H2. The van der Waals surface area contributed by atoms with E-state index in [1.807, 2.05) is 6.08 Å². The molecule has 0 spiro atoms. The molecule has 25 heavy (non-hydrogen) atoms. The van der Waals surface area contributed by atoms with Gasteiger partial charge in [-0.25, -0.2) is 0 Å². The minimum atomic E-state index is 0.858. The van der Waals surface area contributed by atoms with Crippen LogP contribution >= 0.6 is 24.0 Å². The molecule has 1 heterocycles. The number of benzene rings is 3. The van der Waals surface area contributed by atoms with Gasteiger partial charge in [-0.05, 0) is 23.3 Å². The number of para-hydroxylation sites is 2. The summed E-state index contributed by atoms with van der Waals surface area (Å²) in [5.74, 6) is 0.858. The van der Waals surface area contributed by atoms with E-state index in [1.54, 1.807) is 11.8 Å². The normalized spacial score (nSPS) is 11.0. The van der Waals surface area contributed by atoms with E-state index in [4.69, 9.17) is 12.2 Å². The lowest BCUT2D eigenvalue weighted by atomic mass is 10.1. The highest BCUT2D eigenvalue weighted by atomic mass is 32.2. The molecule has 1 aromatic heterocycles. The highest BCUT2D eigenvalue weighted by molar-refractivity contribution is 8.22. The van der Waals surface area contributed by atoms with E-state index >= 15 is 0 Å². The zero-order valence-electron chi connectivity index (χ0n) is 13.7. The second kappa shape index (κ2) is 6.87. The summed E-state index contributed by atoms with van der Waals surface area (Å²) in [7, 11) is 0. The number of hydrogen-bond donors (Lipinski definition) is 0. The fourth-order valence-electron chi connectivity index (χ4n) is 3.08. The van der Waals surface area contributed by atoms with Gasteiger partial charge in [0.15, 0.2) is 0 Å². The Morgan fingerprint density at radius 1 is 0.880 bits per heavy atom. The third-order valence-electron chi connectivity index (χ3n) is 4.34. The maximum Gasteiger partial charge on any atom is 0.145 e. The Kier molecular flexibility index (Phi) is 4.43. The number of rotatable bonds is 3. The molecule has 0 unspecified atom stereocenters. The Hall–Kier alpha value is -2.36. The maximum absolute atomic E-state index is 5.79. The van der Waals surface area contributed by atoms with Crippen LogP contribution in [0.4, 0.5) is 0 Å². The van der Waals surface area contributed by atoms with E-state index in [9.17, 15) is 0 Å². The molecule has 0 N–H and O–H groups in total. The van der Waals surface area contributed by atoms with Crippen molar-refractivity contribution < 1.29 is 0 Å². The number of aromatic nitrogens is 1. The van der Waals surface area contributed by atoms with Crippen molar-refractivity contribution in [3.63, 3.8) is 0 Å². The molecule has 0 amide bonds. The van der Waals surface area contributed by atoms with Gasteiger partial charge in [-0.2, -0.15) is 0 Å². The van der Waals surface area contributed by atoms with Crippen molar-refractivity contribution in [3.05, 3.63) is 90.5 Å². The molecule has 122 valence electrons. The molecule has 0 bridgehead atoms. The third kappa shape index (κ3) is 3.01. The van der Waals surface area contributed by atoms with Gasteiger partial charge in [0.1, 0.15) is 4.32 Å². The Balaban J connectivity index is 1.68. The summed E-state index contributed by atoms with van der Waals surface area (Å²) < 4.78 is 3.08. The largest absolute Gasteiger partial charge is 0.295 e. The predicted octanol–water partition coefficient (Wildman–Crippen LogP) is 6.50. The van der Waals surface area contributed by atoms with Gasteiger partial charge >= 0.3 is 0 Å². The Morgan fingerprint density at radius 3 is 2.00 bits per heavy atom. The average molecular weight is 360 g/mol. The fourth-order valence-corrected chi connectivity index (χ4v) is 4.26. The lowest BCUT2D eigenvalue weighted by Gasteiger charge is -2.09. The molecule has 0 radical (unpaired) electrons. The Labute approximate surface area is 157 Å². The molecule has 0 aliphatic heterocycles. The monoisotopic (exact) mass is 359 g/mol. The zero-order valence-corrected chi connectivity index (χ0v) is 15.3. The summed E-state index contributed by atoms with van der Waals surface area (Å²) in [6.07, 6.45) is 1.86. The molecule has 0 aliphatic rings. The number of thiocarbonyl (C=S) groups is 1. The number of hydrogen-bond acceptors (Lipinski definition) is 2. The fraction of sp³-hybridized carbons (Fsp3) is 0.0455. The van der Waals surface area contributed by atoms with E-state index in [-0.39, 0.29) is 0 Å². The summed E-state index contributed by atoms with van der Waals surface area (Å²) in [6, 6.07) is 25.4. The molecule has 4 aromatic rings. The number of nitrogens with zero attached hydrogens (tertiary/aromatic N) is 1. The lowest BCUT2D eigenvalue weighted by Crippen LogP contribution is -2.04. The molecule has 4 rings (SSSR count). The van der Waals surface area contributed by atoms with Crippen LogP contribution in [0.25, 0.3) is 27.9 Å². The summed E-state index contributed by atoms with van der Waals surface area (Å²) in [6.45, 7) is 3.80. The molecular weight excluding hydrogens is 342 g/mol. The first-order valence-electron chi connectivity index (χ1n) is 8.14. The predicted molar refractivity (Wildman–Crippen MR) is 115 cm³/mol. The van der Waals surface area contributed by atoms with Crippen LogP contribution in [0.3, 0.4) is 0 Å². The van der Waals surface area contributed by atoms with Crippen molar-refractivity contribution >= 4 is 56.2 Å².